The van der Waals surface area contributed by atoms with Crippen LogP contribution >= 0.6 is 22.9 Å². The third kappa shape index (κ3) is 2.07. The van der Waals surface area contributed by atoms with Crippen LogP contribution in [0.1, 0.15) is 33.8 Å². The van der Waals surface area contributed by atoms with Crippen molar-refractivity contribution < 1.29 is 0 Å². The molecule has 1 aliphatic rings. The van der Waals surface area contributed by atoms with E-state index in [9.17, 15) is 0 Å². The summed E-state index contributed by atoms with van der Waals surface area (Å²) in [6.07, 6.45) is 2.77. The highest BCUT2D eigenvalue weighted by Gasteiger charge is 2.26. The summed E-state index contributed by atoms with van der Waals surface area (Å²) in [6, 6.07) is 8.29. The number of anilines is 1. The van der Waals surface area contributed by atoms with E-state index in [0.29, 0.717) is 0 Å². The average molecular weight is 291 g/mol. The Morgan fingerprint density at radius 1 is 1.37 bits per heavy atom. The summed E-state index contributed by atoms with van der Waals surface area (Å²) < 4.78 is 0. The van der Waals surface area contributed by atoms with Crippen LogP contribution in [-0.4, -0.2) is 6.34 Å². The van der Waals surface area contributed by atoms with Crippen LogP contribution in [0.3, 0.4) is 0 Å². The lowest BCUT2D eigenvalue weighted by molar-refractivity contribution is 0.859. The molecule has 2 aromatic rings. The van der Waals surface area contributed by atoms with Gasteiger partial charge in [0.2, 0.25) is 0 Å². The van der Waals surface area contributed by atoms with Crippen molar-refractivity contribution in [1.29, 1.82) is 0 Å². The molecule has 1 aliphatic heterocycles. The minimum Gasteiger partial charge on any atom is -0.346 e. The number of benzene rings is 1. The molecular formula is C15H15ClN2S. The molecule has 0 aliphatic carbocycles. The lowest BCUT2D eigenvalue weighted by Crippen LogP contribution is -2.12. The van der Waals surface area contributed by atoms with Crippen molar-refractivity contribution in [3.63, 3.8) is 0 Å². The molecule has 3 rings (SSSR count). The molecule has 0 amide bonds. The number of aliphatic imine (C=N–C) groups is 1. The van der Waals surface area contributed by atoms with E-state index in [2.05, 4.69) is 36.3 Å². The molecule has 2 nitrogen and oxygen atoms in total. The minimum atomic E-state index is 0.0184. The maximum Gasteiger partial charge on any atom is 0.106 e. The number of hydrogen-bond acceptors (Lipinski definition) is 3. The van der Waals surface area contributed by atoms with Crippen molar-refractivity contribution in [3.8, 4) is 0 Å². The van der Waals surface area contributed by atoms with E-state index in [1.807, 2.05) is 12.1 Å². The van der Waals surface area contributed by atoms with E-state index in [-0.39, 0.29) is 6.04 Å². The summed E-state index contributed by atoms with van der Waals surface area (Å²) in [5.41, 5.74) is 3.49. The highest BCUT2D eigenvalue weighted by Crippen LogP contribution is 2.43. The molecule has 1 aromatic carbocycles. The SMILES string of the molecule is CCc1sc(C)c(Cl)c1C1N=CNc2ccccc21. The van der Waals surface area contributed by atoms with Crippen LogP contribution in [-0.2, 0) is 6.42 Å². The topological polar surface area (TPSA) is 24.4 Å². The van der Waals surface area contributed by atoms with Crippen molar-refractivity contribution in [3.05, 3.63) is 50.2 Å². The Kier molecular flexibility index (Phi) is 3.33. The Balaban J connectivity index is 2.17. The van der Waals surface area contributed by atoms with Crippen LogP contribution in [0.15, 0.2) is 29.3 Å². The second-order valence-electron chi connectivity index (χ2n) is 4.57. The predicted octanol–water partition coefficient (Wildman–Crippen LogP) is 4.82. The Bertz CT molecular complexity index is 646. The third-order valence-corrected chi connectivity index (χ3v) is 5.28. The van der Waals surface area contributed by atoms with Crippen LogP contribution in [0.4, 0.5) is 5.69 Å². The van der Waals surface area contributed by atoms with Crippen molar-refractivity contribution in [2.45, 2.75) is 26.3 Å². The van der Waals surface area contributed by atoms with Crippen molar-refractivity contribution in [1.82, 2.24) is 0 Å². The fourth-order valence-electron chi connectivity index (χ4n) is 2.49. The number of para-hydroxylation sites is 1. The van der Waals surface area contributed by atoms with Crippen LogP contribution in [0.25, 0.3) is 0 Å². The van der Waals surface area contributed by atoms with Gasteiger partial charge in [-0.3, -0.25) is 4.99 Å². The predicted molar refractivity (Wildman–Crippen MR) is 83.8 cm³/mol. The fourth-order valence-corrected chi connectivity index (χ4v) is 3.92. The number of thiophene rings is 1. The molecule has 0 spiro atoms. The Morgan fingerprint density at radius 3 is 2.95 bits per heavy atom. The smallest absolute Gasteiger partial charge is 0.106 e. The first kappa shape index (κ1) is 12.7. The number of fused-ring (bicyclic) bond motifs is 1. The first-order valence-corrected chi connectivity index (χ1v) is 7.56. The van der Waals surface area contributed by atoms with Gasteiger partial charge in [0, 0.05) is 26.6 Å². The van der Waals surface area contributed by atoms with Gasteiger partial charge in [0.25, 0.3) is 0 Å². The summed E-state index contributed by atoms with van der Waals surface area (Å²) in [5.74, 6) is 0. The normalized spacial score (nSPS) is 17.1. The molecule has 0 bridgehead atoms. The number of rotatable bonds is 2. The summed E-state index contributed by atoms with van der Waals surface area (Å²) >= 11 is 8.29. The molecule has 0 saturated carbocycles. The second kappa shape index (κ2) is 4.99. The average Bonchev–Trinajstić information content (AvgIpc) is 2.74. The highest BCUT2D eigenvalue weighted by molar-refractivity contribution is 7.12. The highest BCUT2D eigenvalue weighted by atomic mass is 35.5. The van der Waals surface area contributed by atoms with Gasteiger partial charge in [-0.25, -0.2) is 0 Å². The first-order chi connectivity index (χ1) is 9.22. The van der Waals surface area contributed by atoms with Crippen molar-refractivity contribution >= 4 is 35.0 Å². The maximum absolute atomic E-state index is 6.51. The lowest BCUT2D eigenvalue weighted by atomic mass is 9.96. The zero-order valence-corrected chi connectivity index (χ0v) is 12.5. The zero-order chi connectivity index (χ0) is 13.4. The quantitative estimate of drug-likeness (QED) is 0.843. The molecule has 0 saturated heterocycles. The summed E-state index contributed by atoms with van der Waals surface area (Å²) in [7, 11) is 0. The van der Waals surface area contributed by atoms with E-state index in [1.165, 1.54) is 20.9 Å². The fraction of sp³-hybridized carbons (Fsp3) is 0.267. The molecule has 0 fully saturated rings. The molecule has 2 heterocycles. The van der Waals surface area contributed by atoms with Crippen LogP contribution in [0.2, 0.25) is 5.02 Å². The first-order valence-electron chi connectivity index (χ1n) is 6.37. The number of hydrogen-bond donors (Lipinski definition) is 1. The van der Waals surface area contributed by atoms with Crippen LogP contribution in [0.5, 0.6) is 0 Å². The standard InChI is InChI=1S/C15H15ClN2S/c1-3-12-13(14(16)9(2)19-12)15-10-6-4-5-7-11(10)17-8-18-15/h4-8,15H,3H2,1-2H3,(H,17,18). The molecule has 1 unspecified atom stereocenters. The van der Waals surface area contributed by atoms with Gasteiger partial charge in [-0.1, -0.05) is 36.7 Å². The number of aryl methyl sites for hydroxylation is 2. The molecule has 19 heavy (non-hydrogen) atoms. The van der Waals surface area contributed by atoms with E-state index in [4.69, 9.17) is 11.6 Å². The molecule has 4 heteroatoms. The lowest BCUT2D eigenvalue weighted by Gasteiger charge is -2.22. The molecule has 1 atom stereocenters. The van der Waals surface area contributed by atoms with E-state index < -0.39 is 0 Å². The van der Waals surface area contributed by atoms with Gasteiger partial charge in [-0.15, -0.1) is 11.3 Å². The zero-order valence-electron chi connectivity index (χ0n) is 10.9. The van der Waals surface area contributed by atoms with E-state index in [0.717, 1.165) is 17.1 Å². The van der Waals surface area contributed by atoms with Gasteiger partial charge >= 0.3 is 0 Å². The molecule has 0 radical (unpaired) electrons. The van der Waals surface area contributed by atoms with Crippen LogP contribution < -0.4 is 5.32 Å². The Morgan fingerprint density at radius 2 is 2.16 bits per heavy atom. The van der Waals surface area contributed by atoms with Gasteiger partial charge in [0.05, 0.1) is 11.4 Å². The monoisotopic (exact) mass is 290 g/mol. The molecule has 1 N–H and O–H groups in total. The molecule has 98 valence electrons. The van der Waals surface area contributed by atoms with Crippen LogP contribution in [0, 0.1) is 6.92 Å². The summed E-state index contributed by atoms with van der Waals surface area (Å²) in [4.78, 5) is 7.12. The van der Waals surface area contributed by atoms with E-state index in [1.54, 1.807) is 17.7 Å². The van der Waals surface area contributed by atoms with Gasteiger partial charge < -0.3 is 5.32 Å². The largest absolute Gasteiger partial charge is 0.346 e. The van der Waals surface area contributed by atoms with Gasteiger partial charge in [0.1, 0.15) is 6.04 Å². The third-order valence-electron chi connectivity index (χ3n) is 3.42. The Hall–Kier alpha value is -1.32. The minimum absolute atomic E-state index is 0.0184. The molecular weight excluding hydrogens is 276 g/mol. The Labute approximate surface area is 122 Å². The summed E-state index contributed by atoms with van der Waals surface area (Å²) in [6.45, 7) is 4.24. The van der Waals surface area contributed by atoms with E-state index >= 15 is 0 Å². The number of nitrogens with one attached hydrogen (secondary N) is 1. The number of nitrogens with zero attached hydrogens (tertiary/aromatic N) is 1. The van der Waals surface area contributed by atoms with Gasteiger partial charge in [-0.2, -0.15) is 0 Å². The van der Waals surface area contributed by atoms with Crippen molar-refractivity contribution in [2.24, 2.45) is 4.99 Å². The van der Waals surface area contributed by atoms with Gasteiger partial charge in [-0.05, 0) is 19.4 Å². The van der Waals surface area contributed by atoms with Gasteiger partial charge in [0.15, 0.2) is 0 Å². The van der Waals surface area contributed by atoms with Crippen molar-refractivity contribution in [2.75, 3.05) is 5.32 Å². The summed E-state index contributed by atoms with van der Waals surface area (Å²) in [5, 5.41) is 4.07. The number of halogens is 1. The maximum atomic E-state index is 6.51. The second-order valence-corrected chi connectivity index (χ2v) is 6.26. The molecule has 1 aromatic heterocycles.